The van der Waals surface area contributed by atoms with Crippen molar-refractivity contribution in [3.05, 3.63) is 29.3 Å². The summed E-state index contributed by atoms with van der Waals surface area (Å²) in [5.74, 6) is 0.339. The van der Waals surface area contributed by atoms with E-state index in [9.17, 15) is 5.11 Å². The van der Waals surface area contributed by atoms with Crippen LogP contribution < -0.4 is 0 Å². The Morgan fingerprint density at radius 1 is 1.29 bits per heavy atom. The number of aromatic hydroxyl groups is 1. The number of hydrogen-bond acceptors (Lipinski definition) is 2. The molecule has 94 valence electrons. The van der Waals surface area contributed by atoms with E-state index in [0.717, 1.165) is 11.1 Å². The van der Waals surface area contributed by atoms with Crippen LogP contribution in [0, 0.1) is 0 Å². The zero-order chi connectivity index (χ0) is 13.5. The standard InChI is InChI=1S/C12H17NO.2ClH.Ti/c1-12(2,3)10-7-5-6-9(8-13-4)11(10)14;;;/h5-8,14H,1-4H3;2*1H;/q;;;+2/p-2. The average molecular weight is 310 g/mol. The summed E-state index contributed by atoms with van der Waals surface area (Å²) < 4.78 is 0. The van der Waals surface area contributed by atoms with E-state index in [4.69, 9.17) is 18.6 Å². The molecule has 0 bridgehead atoms. The van der Waals surface area contributed by atoms with Gasteiger partial charge in [-0.2, -0.15) is 0 Å². The summed E-state index contributed by atoms with van der Waals surface area (Å²) in [5, 5.41) is 9.96. The van der Waals surface area contributed by atoms with Crippen molar-refractivity contribution in [1.29, 1.82) is 0 Å². The topological polar surface area (TPSA) is 32.6 Å². The Morgan fingerprint density at radius 2 is 1.82 bits per heavy atom. The van der Waals surface area contributed by atoms with E-state index >= 15 is 0 Å². The van der Waals surface area contributed by atoms with Crippen LogP contribution in [0.2, 0.25) is 0 Å². The molecule has 0 saturated carbocycles. The molecule has 1 aromatic carbocycles. The summed E-state index contributed by atoms with van der Waals surface area (Å²) in [6, 6.07) is 5.75. The maximum atomic E-state index is 9.96. The van der Waals surface area contributed by atoms with Crippen LogP contribution in [0.4, 0.5) is 0 Å². The fraction of sp³-hybridized carbons (Fsp3) is 0.417. The molecule has 0 aliphatic heterocycles. The van der Waals surface area contributed by atoms with Crippen LogP contribution in [0.3, 0.4) is 0 Å². The number of benzene rings is 1. The number of hydrogen-bond donors (Lipinski definition) is 1. The minimum atomic E-state index is -0.556. The number of aliphatic imine (C=N–C) groups is 1. The number of para-hydroxylation sites is 1. The van der Waals surface area contributed by atoms with Crippen LogP contribution in [0.15, 0.2) is 23.2 Å². The molecule has 0 unspecified atom stereocenters. The molecule has 17 heavy (non-hydrogen) atoms. The van der Waals surface area contributed by atoms with Crippen molar-refractivity contribution in [3.63, 3.8) is 0 Å². The Balaban J connectivity index is 0.000000770. The van der Waals surface area contributed by atoms with Crippen molar-refractivity contribution in [2.24, 2.45) is 4.99 Å². The molecule has 5 heteroatoms. The van der Waals surface area contributed by atoms with Gasteiger partial charge in [-0.1, -0.05) is 32.9 Å². The molecule has 2 nitrogen and oxygen atoms in total. The third-order valence-electron chi connectivity index (χ3n) is 2.14. The molecule has 0 saturated heterocycles. The van der Waals surface area contributed by atoms with Gasteiger partial charge < -0.3 is 5.11 Å². The number of nitrogens with zero attached hydrogens (tertiary/aromatic N) is 1. The van der Waals surface area contributed by atoms with Gasteiger partial charge in [0.2, 0.25) is 0 Å². The predicted molar refractivity (Wildman–Crippen MR) is 72.0 cm³/mol. The number of halogens is 2. The molecule has 0 spiro atoms. The molecule has 0 fully saturated rings. The van der Waals surface area contributed by atoms with Crippen LogP contribution in [0.5, 0.6) is 5.75 Å². The van der Waals surface area contributed by atoms with E-state index < -0.39 is 17.0 Å². The van der Waals surface area contributed by atoms with Gasteiger partial charge in [-0.3, -0.25) is 4.99 Å². The van der Waals surface area contributed by atoms with Gasteiger partial charge in [-0.15, -0.1) is 0 Å². The van der Waals surface area contributed by atoms with E-state index in [2.05, 4.69) is 25.8 Å². The first-order valence-corrected chi connectivity index (χ1v) is 9.39. The monoisotopic (exact) mass is 309 g/mol. The Morgan fingerprint density at radius 3 is 2.24 bits per heavy atom. The molecule has 0 aliphatic carbocycles. The summed E-state index contributed by atoms with van der Waals surface area (Å²) in [5.41, 5.74) is 1.69. The van der Waals surface area contributed by atoms with E-state index in [1.54, 1.807) is 13.3 Å². The van der Waals surface area contributed by atoms with Crippen LogP contribution in [-0.4, -0.2) is 18.4 Å². The van der Waals surface area contributed by atoms with Crippen molar-refractivity contribution in [3.8, 4) is 5.75 Å². The number of rotatable bonds is 1. The quantitative estimate of drug-likeness (QED) is 0.614. The minimum absolute atomic E-state index is 0.0400. The molecule has 0 atom stereocenters. The van der Waals surface area contributed by atoms with Crippen molar-refractivity contribution in [2.75, 3.05) is 7.05 Å². The normalized spacial score (nSPS) is 10.9. The molecule has 1 rings (SSSR count). The summed E-state index contributed by atoms with van der Waals surface area (Å²) in [6.07, 6.45) is 1.67. The van der Waals surface area contributed by atoms with Crippen LogP contribution in [0.1, 0.15) is 31.9 Å². The van der Waals surface area contributed by atoms with Crippen molar-refractivity contribution >= 4 is 24.8 Å². The first-order valence-electron chi connectivity index (χ1n) is 5.09. The molecule has 0 aliphatic rings. The molecule has 0 heterocycles. The van der Waals surface area contributed by atoms with Crippen molar-refractivity contribution in [2.45, 2.75) is 26.2 Å². The molecular formula is C12H17Cl2NOTi. The summed E-state index contributed by atoms with van der Waals surface area (Å²) in [4.78, 5) is 3.90. The molecule has 0 aromatic heterocycles. The van der Waals surface area contributed by atoms with Crippen LogP contribution in [-0.2, 0) is 22.4 Å². The van der Waals surface area contributed by atoms with Gasteiger partial charge in [0.25, 0.3) is 0 Å². The molecule has 1 N–H and O–H groups in total. The Labute approximate surface area is 120 Å². The second kappa shape index (κ2) is 8.15. The zero-order valence-corrected chi connectivity index (χ0v) is 13.5. The molecule has 1 aromatic rings. The summed E-state index contributed by atoms with van der Waals surface area (Å²) >= 11 is -0.556. The second-order valence-electron chi connectivity index (χ2n) is 4.45. The van der Waals surface area contributed by atoms with E-state index in [1.165, 1.54) is 0 Å². The van der Waals surface area contributed by atoms with Gasteiger partial charge in [0.15, 0.2) is 0 Å². The average Bonchev–Trinajstić information content (AvgIpc) is 2.21. The van der Waals surface area contributed by atoms with Crippen LogP contribution >= 0.6 is 18.6 Å². The first-order chi connectivity index (χ1) is 7.88. The first kappa shape index (κ1) is 17.0. The SMILES string of the molecule is CN=Cc1cccc(C(C)(C)C)c1O.[Cl][Ti][Cl]. The molecule has 0 radical (unpaired) electrons. The fourth-order valence-electron chi connectivity index (χ4n) is 1.41. The van der Waals surface area contributed by atoms with Gasteiger partial charge in [-0.05, 0) is 17.0 Å². The zero-order valence-electron chi connectivity index (χ0n) is 10.5. The third kappa shape index (κ3) is 5.92. The number of phenols is 1. The Bertz CT molecular complexity index is 375. The molecular weight excluding hydrogens is 293 g/mol. The van der Waals surface area contributed by atoms with Crippen LogP contribution in [0.25, 0.3) is 0 Å². The molecule has 0 amide bonds. The van der Waals surface area contributed by atoms with Gasteiger partial charge in [0, 0.05) is 18.8 Å². The van der Waals surface area contributed by atoms with Gasteiger partial charge in [-0.25, -0.2) is 0 Å². The number of phenolic OH excluding ortho intramolecular Hbond substituents is 1. The van der Waals surface area contributed by atoms with E-state index in [1.807, 2.05) is 18.2 Å². The van der Waals surface area contributed by atoms with Gasteiger partial charge in [0.1, 0.15) is 5.75 Å². The second-order valence-corrected chi connectivity index (χ2v) is 7.03. The summed E-state index contributed by atoms with van der Waals surface area (Å²) in [7, 11) is 11.5. The predicted octanol–water partition coefficient (Wildman–Crippen LogP) is 4.11. The Hall–Kier alpha value is -0.0157. The third-order valence-corrected chi connectivity index (χ3v) is 2.14. The van der Waals surface area contributed by atoms with Gasteiger partial charge >= 0.3 is 35.6 Å². The fourth-order valence-corrected chi connectivity index (χ4v) is 1.41. The maximum absolute atomic E-state index is 9.96. The van der Waals surface area contributed by atoms with E-state index in [-0.39, 0.29) is 5.41 Å². The van der Waals surface area contributed by atoms with E-state index in [0.29, 0.717) is 5.75 Å². The Kier molecular flexibility index (Phi) is 8.14. The van der Waals surface area contributed by atoms with Crippen molar-refractivity contribution in [1.82, 2.24) is 0 Å². The van der Waals surface area contributed by atoms with Gasteiger partial charge in [0.05, 0.1) is 0 Å². The summed E-state index contributed by atoms with van der Waals surface area (Å²) in [6.45, 7) is 6.23. The van der Waals surface area contributed by atoms with Crippen molar-refractivity contribution < 1.29 is 22.1 Å².